The Hall–Kier alpha value is -3.05. The second-order valence-corrected chi connectivity index (χ2v) is 9.24. The Morgan fingerprint density at radius 3 is 2.41 bits per heavy atom. The molecule has 178 valence electrons. The molecule has 6 heteroatoms. The first-order chi connectivity index (χ1) is 16.4. The molecule has 0 radical (unpaired) electrons. The van der Waals surface area contributed by atoms with Crippen LogP contribution >= 0.6 is 11.6 Å². The largest absolute Gasteiger partial charge is 0.468 e. The van der Waals surface area contributed by atoms with Crippen molar-refractivity contribution in [3.8, 4) is 0 Å². The summed E-state index contributed by atoms with van der Waals surface area (Å²) in [5.74, 6) is -1.52. The molecule has 1 aliphatic heterocycles. The summed E-state index contributed by atoms with van der Waals surface area (Å²) < 4.78 is 5.13. The third-order valence-electron chi connectivity index (χ3n) is 7.02. The van der Waals surface area contributed by atoms with Gasteiger partial charge in [0.05, 0.1) is 7.11 Å². The SMILES string of the molecule is C=C1NC2=C(C(=O)CC(c3ccccc3Cl)C2)C(c2ccc(N(CC)CC)cc2)C1C(=O)OC. The fourth-order valence-electron chi connectivity index (χ4n) is 5.32. The molecule has 2 aliphatic rings. The predicted octanol–water partition coefficient (Wildman–Crippen LogP) is 5.58. The quantitative estimate of drug-likeness (QED) is 0.549. The number of rotatable bonds is 6. The summed E-state index contributed by atoms with van der Waals surface area (Å²) in [5.41, 5.74) is 5.01. The maximum absolute atomic E-state index is 13.6. The number of nitrogens with one attached hydrogen (secondary N) is 1. The fourth-order valence-corrected chi connectivity index (χ4v) is 5.61. The Kier molecular flexibility index (Phi) is 7.13. The highest BCUT2D eigenvalue weighted by atomic mass is 35.5. The summed E-state index contributed by atoms with van der Waals surface area (Å²) in [6.07, 6.45) is 0.977. The van der Waals surface area contributed by atoms with Gasteiger partial charge in [-0.05, 0) is 55.5 Å². The molecule has 0 saturated heterocycles. The first kappa shape index (κ1) is 24.1. The van der Waals surface area contributed by atoms with E-state index >= 15 is 0 Å². The number of esters is 1. The van der Waals surface area contributed by atoms with Crippen LogP contribution in [0.2, 0.25) is 5.02 Å². The van der Waals surface area contributed by atoms with E-state index in [1.54, 1.807) is 0 Å². The fraction of sp³-hybridized carbons (Fsp3) is 0.357. The second kappa shape index (κ2) is 10.1. The number of halogens is 1. The Balaban J connectivity index is 1.78. The van der Waals surface area contributed by atoms with E-state index in [2.05, 4.69) is 42.8 Å². The third-order valence-corrected chi connectivity index (χ3v) is 7.36. The molecule has 2 aromatic rings. The van der Waals surface area contributed by atoms with E-state index in [1.807, 2.05) is 36.4 Å². The lowest BCUT2D eigenvalue weighted by Crippen LogP contribution is -2.42. The van der Waals surface area contributed by atoms with Gasteiger partial charge >= 0.3 is 5.97 Å². The number of hydrogen-bond donors (Lipinski definition) is 1. The zero-order valence-corrected chi connectivity index (χ0v) is 20.7. The highest BCUT2D eigenvalue weighted by molar-refractivity contribution is 6.31. The summed E-state index contributed by atoms with van der Waals surface area (Å²) in [4.78, 5) is 28.7. The molecule has 1 heterocycles. The smallest absolute Gasteiger partial charge is 0.315 e. The van der Waals surface area contributed by atoms with Crippen LogP contribution in [-0.4, -0.2) is 32.0 Å². The molecule has 5 nitrogen and oxygen atoms in total. The molecule has 1 aliphatic carbocycles. The predicted molar refractivity (Wildman–Crippen MR) is 136 cm³/mol. The number of hydrogen-bond acceptors (Lipinski definition) is 5. The van der Waals surface area contributed by atoms with E-state index < -0.39 is 17.8 Å². The molecule has 0 aromatic heterocycles. The lowest BCUT2D eigenvalue weighted by atomic mass is 9.69. The molecule has 0 amide bonds. The number of Topliss-reactive ketones (excluding diaryl/α,β-unsaturated/α-hetero) is 1. The van der Waals surface area contributed by atoms with Gasteiger partial charge in [0.1, 0.15) is 5.92 Å². The standard InChI is InChI=1S/C28H31ClN2O3/c1-5-31(6-2)20-13-11-18(12-14-20)26-25(28(33)34-4)17(3)30-23-15-19(16-24(32)27(23)26)21-9-7-8-10-22(21)29/h7-14,19,25-26,30H,3,5-6,15-16H2,1-2,4H3. The number of carbonyl (C=O) groups excluding carboxylic acids is 2. The van der Waals surface area contributed by atoms with Gasteiger partial charge in [-0.25, -0.2) is 0 Å². The van der Waals surface area contributed by atoms with Gasteiger partial charge in [-0.15, -0.1) is 0 Å². The van der Waals surface area contributed by atoms with E-state index in [0.29, 0.717) is 29.1 Å². The van der Waals surface area contributed by atoms with E-state index in [4.69, 9.17) is 16.3 Å². The number of anilines is 1. The van der Waals surface area contributed by atoms with Crippen molar-refractivity contribution in [2.75, 3.05) is 25.1 Å². The van der Waals surface area contributed by atoms with Gasteiger partial charge in [0.15, 0.2) is 5.78 Å². The Bertz CT molecular complexity index is 1130. The maximum atomic E-state index is 13.6. The summed E-state index contributed by atoms with van der Waals surface area (Å²) in [5, 5.41) is 3.96. The van der Waals surface area contributed by atoms with Crippen LogP contribution in [0.15, 0.2) is 72.1 Å². The molecule has 2 aromatic carbocycles. The summed E-state index contributed by atoms with van der Waals surface area (Å²) in [6.45, 7) is 10.2. The van der Waals surface area contributed by atoms with Crippen molar-refractivity contribution in [1.82, 2.24) is 5.32 Å². The van der Waals surface area contributed by atoms with Crippen molar-refractivity contribution in [2.45, 2.75) is 38.5 Å². The van der Waals surface area contributed by atoms with Gasteiger partial charge in [0, 0.05) is 53.1 Å². The first-order valence-electron chi connectivity index (χ1n) is 11.8. The van der Waals surface area contributed by atoms with Crippen molar-refractivity contribution >= 4 is 29.0 Å². The number of nitrogens with zero attached hydrogens (tertiary/aromatic N) is 1. The average molecular weight is 479 g/mol. The van der Waals surface area contributed by atoms with Crippen LogP contribution in [0.4, 0.5) is 5.69 Å². The van der Waals surface area contributed by atoms with E-state index in [-0.39, 0.29) is 11.7 Å². The normalized spacial score (nSPS) is 22.2. The zero-order chi connectivity index (χ0) is 24.4. The lowest BCUT2D eigenvalue weighted by Gasteiger charge is -2.40. The highest BCUT2D eigenvalue weighted by Crippen LogP contribution is 2.48. The van der Waals surface area contributed by atoms with Gasteiger partial charge in [0.2, 0.25) is 0 Å². The number of benzene rings is 2. The summed E-state index contributed by atoms with van der Waals surface area (Å²) >= 11 is 6.45. The summed E-state index contributed by atoms with van der Waals surface area (Å²) in [7, 11) is 1.37. The lowest BCUT2D eigenvalue weighted by molar-refractivity contribution is -0.144. The first-order valence-corrected chi connectivity index (χ1v) is 12.2. The molecular formula is C28H31ClN2O3. The molecule has 1 N–H and O–H groups in total. The van der Waals surface area contributed by atoms with Crippen molar-refractivity contribution < 1.29 is 14.3 Å². The van der Waals surface area contributed by atoms with Crippen LogP contribution in [0.5, 0.6) is 0 Å². The van der Waals surface area contributed by atoms with Crippen LogP contribution in [0.1, 0.15) is 49.7 Å². The van der Waals surface area contributed by atoms with Crippen LogP contribution in [-0.2, 0) is 14.3 Å². The van der Waals surface area contributed by atoms with Crippen molar-refractivity contribution in [1.29, 1.82) is 0 Å². The number of methoxy groups -OCH3 is 1. The Labute approximate surface area is 206 Å². The monoisotopic (exact) mass is 478 g/mol. The van der Waals surface area contributed by atoms with Crippen LogP contribution < -0.4 is 10.2 Å². The Morgan fingerprint density at radius 2 is 1.79 bits per heavy atom. The molecule has 34 heavy (non-hydrogen) atoms. The number of ketones is 1. The van der Waals surface area contributed by atoms with E-state index in [9.17, 15) is 9.59 Å². The minimum absolute atomic E-state index is 0.0258. The molecule has 4 rings (SSSR count). The highest BCUT2D eigenvalue weighted by Gasteiger charge is 2.45. The van der Waals surface area contributed by atoms with Gasteiger partial charge in [-0.3, -0.25) is 9.59 Å². The number of carbonyl (C=O) groups is 2. The molecule has 0 spiro atoms. The van der Waals surface area contributed by atoms with Crippen molar-refractivity contribution in [2.24, 2.45) is 5.92 Å². The van der Waals surface area contributed by atoms with Crippen LogP contribution in [0, 0.1) is 5.92 Å². The minimum Gasteiger partial charge on any atom is -0.468 e. The van der Waals surface area contributed by atoms with Gasteiger partial charge in [-0.2, -0.15) is 0 Å². The Morgan fingerprint density at radius 1 is 1.12 bits per heavy atom. The molecule has 0 bridgehead atoms. The van der Waals surface area contributed by atoms with Crippen molar-refractivity contribution in [3.05, 3.63) is 88.2 Å². The molecule has 3 atom stereocenters. The molecular weight excluding hydrogens is 448 g/mol. The van der Waals surface area contributed by atoms with Gasteiger partial charge in [-0.1, -0.05) is 48.5 Å². The zero-order valence-electron chi connectivity index (χ0n) is 19.9. The van der Waals surface area contributed by atoms with Gasteiger partial charge < -0.3 is 15.0 Å². The maximum Gasteiger partial charge on any atom is 0.315 e. The molecule has 3 unspecified atom stereocenters. The summed E-state index contributed by atoms with van der Waals surface area (Å²) in [6, 6.07) is 15.8. The third kappa shape index (κ3) is 4.37. The minimum atomic E-state index is -0.677. The van der Waals surface area contributed by atoms with E-state index in [0.717, 1.165) is 35.6 Å². The molecule has 0 saturated carbocycles. The van der Waals surface area contributed by atoms with Crippen LogP contribution in [0.25, 0.3) is 0 Å². The number of allylic oxidation sites excluding steroid dienone is 2. The van der Waals surface area contributed by atoms with Crippen molar-refractivity contribution in [3.63, 3.8) is 0 Å². The van der Waals surface area contributed by atoms with E-state index in [1.165, 1.54) is 7.11 Å². The average Bonchev–Trinajstić information content (AvgIpc) is 2.84. The number of ether oxygens (including phenoxy) is 1. The second-order valence-electron chi connectivity index (χ2n) is 8.83. The molecule has 0 fully saturated rings. The topological polar surface area (TPSA) is 58.6 Å². The van der Waals surface area contributed by atoms with Gasteiger partial charge in [0.25, 0.3) is 0 Å². The van der Waals surface area contributed by atoms with Crippen LogP contribution in [0.3, 0.4) is 0 Å².